The van der Waals surface area contributed by atoms with Crippen molar-refractivity contribution in [1.82, 2.24) is 4.90 Å². The van der Waals surface area contributed by atoms with E-state index in [0.717, 1.165) is 60.0 Å². The fourth-order valence-electron chi connectivity index (χ4n) is 6.76. The molecule has 1 saturated carbocycles. The van der Waals surface area contributed by atoms with Crippen molar-refractivity contribution >= 4 is 17.5 Å². The molecular formula is C25H26N2O3. The van der Waals surface area contributed by atoms with Crippen molar-refractivity contribution in [2.45, 2.75) is 49.7 Å². The van der Waals surface area contributed by atoms with Crippen molar-refractivity contribution < 1.29 is 14.7 Å². The van der Waals surface area contributed by atoms with Crippen LogP contribution < -0.4 is 5.32 Å². The first kappa shape index (κ1) is 18.1. The summed E-state index contributed by atoms with van der Waals surface area (Å²) in [5.74, 6) is -1.78. The van der Waals surface area contributed by atoms with E-state index in [1.807, 2.05) is 49.5 Å². The van der Waals surface area contributed by atoms with Gasteiger partial charge < -0.3 is 10.4 Å². The van der Waals surface area contributed by atoms with Crippen LogP contribution in [-0.4, -0.2) is 34.9 Å². The van der Waals surface area contributed by atoms with Gasteiger partial charge in [-0.05, 0) is 41.2 Å². The van der Waals surface area contributed by atoms with Gasteiger partial charge in [0.05, 0.1) is 11.8 Å². The van der Waals surface area contributed by atoms with Crippen molar-refractivity contribution in [3.05, 3.63) is 64.7 Å². The van der Waals surface area contributed by atoms with Crippen molar-refractivity contribution in [2.75, 3.05) is 12.4 Å². The molecule has 2 fully saturated rings. The summed E-state index contributed by atoms with van der Waals surface area (Å²) in [6.45, 7) is 0. The standard InChI is InChI=1S/C25H26N2O3/c1-26-18-13-7-12-17-20(18)19-15-10-5-6-11-16(15)25(17,30)22-21(19)23(28)27(24(22)29)14-8-3-2-4-9-14/h5-7,10-14,19,21-22,26,30H,2-4,8-9H2,1H3/t19-,21-,22+,25-/m0/s1. The number of nitrogens with one attached hydrogen (secondary N) is 1. The van der Waals surface area contributed by atoms with Gasteiger partial charge in [0.1, 0.15) is 5.60 Å². The second kappa shape index (κ2) is 6.17. The van der Waals surface area contributed by atoms with Gasteiger partial charge in [0, 0.05) is 24.7 Å². The SMILES string of the molecule is CNc1cccc2c1[C@@H]1c3ccccc3[C@@]2(O)[C@H]2C(=O)N(C3CCCCC3)C(=O)[C@@H]12. The molecule has 2 amide bonds. The van der Waals surface area contributed by atoms with Crippen molar-refractivity contribution in [3.8, 4) is 0 Å². The van der Waals surface area contributed by atoms with Crippen LogP contribution in [0.5, 0.6) is 0 Å². The summed E-state index contributed by atoms with van der Waals surface area (Å²) >= 11 is 0. The molecule has 2 aromatic carbocycles. The van der Waals surface area contributed by atoms with E-state index in [-0.39, 0.29) is 23.8 Å². The smallest absolute Gasteiger partial charge is 0.237 e. The van der Waals surface area contributed by atoms with Crippen LogP contribution in [-0.2, 0) is 15.2 Å². The van der Waals surface area contributed by atoms with Crippen LogP contribution in [0.3, 0.4) is 0 Å². The lowest BCUT2D eigenvalue weighted by molar-refractivity contribution is -0.145. The zero-order chi connectivity index (χ0) is 20.6. The molecule has 1 heterocycles. The number of hydrogen-bond acceptors (Lipinski definition) is 4. The van der Waals surface area contributed by atoms with Gasteiger partial charge in [0.25, 0.3) is 0 Å². The zero-order valence-electron chi connectivity index (χ0n) is 17.1. The minimum atomic E-state index is -1.48. The predicted octanol–water partition coefficient (Wildman–Crippen LogP) is 3.36. The Bertz CT molecular complexity index is 1070. The third kappa shape index (κ3) is 2.01. The van der Waals surface area contributed by atoms with Crippen LogP contribution >= 0.6 is 0 Å². The number of aliphatic hydroxyl groups is 1. The van der Waals surface area contributed by atoms with E-state index in [0.29, 0.717) is 0 Å². The number of likely N-dealkylation sites (tertiary alicyclic amines) is 1. The maximum absolute atomic E-state index is 13.8. The lowest BCUT2D eigenvalue weighted by Gasteiger charge is -2.51. The number of anilines is 1. The Morgan fingerprint density at radius 1 is 0.967 bits per heavy atom. The molecule has 2 bridgehead atoms. The molecule has 7 rings (SSSR count). The Labute approximate surface area is 176 Å². The fourth-order valence-corrected chi connectivity index (χ4v) is 6.76. The number of carbonyl (C=O) groups is 2. The number of nitrogens with zero attached hydrogens (tertiary/aromatic N) is 1. The highest BCUT2D eigenvalue weighted by molar-refractivity contribution is 6.08. The molecule has 0 spiro atoms. The molecular weight excluding hydrogens is 376 g/mol. The topological polar surface area (TPSA) is 69.6 Å². The molecule has 0 radical (unpaired) electrons. The van der Waals surface area contributed by atoms with Gasteiger partial charge in [-0.1, -0.05) is 55.7 Å². The number of benzene rings is 2. The average molecular weight is 402 g/mol. The summed E-state index contributed by atoms with van der Waals surface area (Å²) < 4.78 is 0. The molecule has 5 heteroatoms. The van der Waals surface area contributed by atoms with Crippen molar-refractivity contribution in [1.29, 1.82) is 0 Å². The molecule has 4 atom stereocenters. The second-order valence-electron chi connectivity index (χ2n) is 9.19. The molecule has 4 aliphatic carbocycles. The molecule has 30 heavy (non-hydrogen) atoms. The molecule has 2 aromatic rings. The maximum Gasteiger partial charge on any atom is 0.237 e. The zero-order valence-corrected chi connectivity index (χ0v) is 17.1. The van der Waals surface area contributed by atoms with Crippen LogP contribution in [0.25, 0.3) is 0 Å². The Morgan fingerprint density at radius 2 is 1.70 bits per heavy atom. The Balaban J connectivity index is 1.60. The number of hydrogen-bond donors (Lipinski definition) is 2. The van der Waals surface area contributed by atoms with Gasteiger partial charge in [-0.15, -0.1) is 0 Å². The van der Waals surface area contributed by atoms with Gasteiger partial charge in [-0.25, -0.2) is 0 Å². The third-order valence-corrected chi connectivity index (χ3v) is 7.94. The van der Waals surface area contributed by atoms with Gasteiger partial charge in [0.2, 0.25) is 11.8 Å². The van der Waals surface area contributed by atoms with Crippen LogP contribution in [0, 0.1) is 11.8 Å². The van der Waals surface area contributed by atoms with Gasteiger partial charge in [-0.2, -0.15) is 0 Å². The second-order valence-corrected chi connectivity index (χ2v) is 9.19. The quantitative estimate of drug-likeness (QED) is 0.756. The molecule has 0 unspecified atom stereocenters. The van der Waals surface area contributed by atoms with Gasteiger partial charge in [0.15, 0.2) is 0 Å². The van der Waals surface area contributed by atoms with E-state index in [4.69, 9.17) is 0 Å². The first-order valence-electron chi connectivity index (χ1n) is 11.1. The van der Waals surface area contributed by atoms with Gasteiger partial charge in [-0.3, -0.25) is 14.5 Å². The van der Waals surface area contributed by atoms with E-state index in [1.54, 1.807) is 4.90 Å². The van der Waals surface area contributed by atoms with E-state index in [2.05, 4.69) is 5.32 Å². The summed E-state index contributed by atoms with van der Waals surface area (Å²) in [6, 6.07) is 13.6. The molecule has 1 saturated heterocycles. The molecule has 5 aliphatic rings. The molecule has 154 valence electrons. The third-order valence-electron chi connectivity index (χ3n) is 7.94. The van der Waals surface area contributed by atoms with E-state index in [9.17, 15) is 14.7 Å². The molecule has 0 aromatic heterocycles. The van der Waals surface area contributed by atoms with Crippen LogP contribution in [0.15, 0.2) is 42.5 Å². The largest absolute Gasteiger partial charge is 0.388 e. The van der Waals surface area contributed by atoms with E-state index < -0.39 is 17.4 Å². The number of imide groups is 1. The predicted molar refractivity (Wildman–Crippen MR) is 113 cm³/mol. The highest BCUT2D eigenvalue weighted by Crippen LogP contribution is 2.64. The summed E-state index contributed by atoms with van der Waals surface area (Å²) in [7, 11) is 1.86. The lowest BCUT2D eigenvalue weighted by Crippen LogP contribution is -2.53. The number of amides is 2. The lowest BCUT2D eigenvalue weighted by atomic mass is 9.52. The first-order valence-corrected chi connectivity index (χ1v) is 11.1. The van der Waals surface area contributed by atoms with Crippen molar-refractivity contribution in [2.24, 2.45) is 11.8 Å². The van der Waals surface area contributed by atoms with Gasteiger partial charge >= 0.3 is 0 Å². The minimum Gasteiger partial charge on any atom is -0.388 e. The highest BCUT2D eigenvalue weighted by atomic mass is 16.3. The summed E-state index contributed by atoms with van der Waals surface area (Å²) in [6.07, 6.45) is 5.02. The fraction of sp³-hybridized carbons (Fsp3) is 0.440. The molecule has 1 aliphatic heterocycles. The summed E-state index contributed by atoms with van der Waals surface area (Å²) in [4.78, 5) is 29.1. The Morgan fingerprint density at radius 3 is 2.47 bits per heavy atom. The monoisotopic (exact) mass is 402 g/mol. The summed E-state index contributed by atoms with van der Waals surface area (Å²) in [5, 5.41) is 15.5. The number of rotatable bonds is 2. The van der Waals surface area contributed by atoms with E-state index in [1.165, 1.54) is 0 Å². The molecule has 5 nitrogen and oxygen atoms in total. The highest BCUT2D eigenvalue weighted by Gasteiger charge is 2.68. The Kier molecular flexibility index (Phi) is 3.73. The average Bonchev–Trinajstić information content (AvgIpc) is 3.06. The van der Waals surface area contributed by atoms with Crippen LogP contribution in [0.4, 0.5) is 5.69 Å². The summed E-state index contributed by atoms with van der Waals surface area (Å²) in [5.41, 5.74) is 2.93. The Hall–Kier alpha value is -2.66. The maximum atomic E-state index is 13.8. The van der Waals surface area contributed by atoms with Crippen LogP contribution in [0.2, 0.25) is 0 Å². The first-order chi connectivity index (χ1) is 14.6. The normalized spacial score (nSPS) is 32.1. The molecule has 2 N–H and O–H groups in total. The van der Waals surface area contributed by atoms with Crippen molar-refractivity contribution in [3.63, 3.8) is 0 Å². The van der Waals surface area contributed by atoms with E-state index >= 15 is 0 Å². The minimum absolute atomic E-state index is 0.0256. The number of carbonyl (C=O) groups excluding carboxylic acids is 2. The van der Waals surface area contributed by atoms with Crippen LogP contribution in [0.1, 0.15) is 60.3 Å².